The molecule has 2 rings (SSSR count). The number of carbonyl (C=O) groups excluding carboxylic acids is 1. The summed E-state index contributed by atoms with van der Waals surface area (Å²) in [4.78, 5) is 14.5. The second-order valence-corrected chi connectivity index (χ2v) is 8.47. The first-order chi connectivity index (χ1) is 11.9. The largest absolute Gasteiger partial charge is 0.340 e. The quantitative estimate of drug-likeness (QED) is 0.793. The summed E-state index contributed by atoms with van der Waals surface area (Å²) in [6.07, 6.45) is 0.940. The maximum atomic E-state index is 13.0. The first kappa shape index (κ1) is 19.9. The molecule has 0 radical (unpaired) electrons. The fraction of sp³-hybridized carbons (Fsp3) is 0.611. The molecule has 6 nitrogen and oxygen atoms in total. The zero-order chi connectivity index (χ0) is 18.4. The van der Waals surface area contributed by atoms with Crippen molar-refractivity contribution in [3.8, 4) is 0 Å². The van der Waals surface area contributed by atoms with Gasteiger partial charge < -0.3 is 10.2 Å². The number of amides is 1. The molecule has 1 aromatic carbocycles. The summed E-state index contributed by atoms with van der Waals surface area (Å²) in [5.41, 5.74) is 2.02. The Morgan fingerprint density at radius 1 is 1.16 bits per heavy atom. The van der Waals surface area contributed by atoms with E-state index < -0.39 is 10.0 Å². The van der Waals surface area contributed by atoms with Gasteiger partial charge in [-0.3, -0.25) is 4.79 Å². The lowest BCUT2D eigenvalue weighted by molar-refractivity contribution is -0.131. The Bertz CT molecular complexity index is 698. The lowest BCUT2D eigenvalue weighted by Crippen LogP contribution is -2.47. The highest BCUT2D eigenvalue weighted by molar-refractivity contribution is 7.89. The molecule has 1 fully saturated rings. The molecule has 0 saturated carbocycles. The zero-order valence-corrected chi connectivity index (χ0v) is 16.2. The highest BCUT2D eigenvalue weighted by Gasteiger charge is 2.26. The van der Waals surface area contributed by atoms with Gasteiger partial charge in [-0.25, -0.2) is 8.42 Å². The Kier molecular flexibility index (Phi) is 6.98. The standard InChI is InChI=1S/C18H29N3O3S/c1-4-10-21(11-7-18(22)20-12-8-19-9-13-20)25(23,24)17-6-5-15(2)16(3)14-17/h5-6,14,19H,4,7-13H2,1-3H3. The van der Waals surface area contributed by atoms with Crippen LogP contribution in [0.4, 0.5) is 0 Å². The van der Waals surface area contributed by atoms with Gasteiger partial charge in [0.15, 0.2) is 0 Å². The van der Waals surface area contributed by atoms with Gasteiger partial charge in [-0.05, 0) is 43.5 Å². The van der Waals surface area contributed by atoms with Crippen LogP contribution < -0.4 is 5.32 Å². The molecule has 140 valence electrons. The molecule has 1 heterocycles. The predicted octanol–water partition coefficient (Wildman–Crippen LogP) is 1.53. The van der Waals surface area contributed by atoms with Gasteiger partial charge >= 0.3 is 0 Å². The minimum atomic E-state index is -3.58. The zero-order valence-electron chi connectivity index (χ0n) is 15.4. The first-order valence-corrected chi connectivity index (χ1v) is 10.4. The van der Waals surface area contributed by atoms with Gasteiger partial charge in [0.1, 0.15) is 0 Å². The third-order valence-corrected chi connectivity index (χ3v) is 6.53. The van der Waals surface area contributed by atoms with Crippen LogP contribution >= 0.6 is 0 Å². The Hall–Kier alpha value is -1.44. The number of rotatable bonds is 7. The number of nitrogens with zero attached hydrogens (tertiary/aromatic N) is 2. The van der Waals surface area contributed by atoms with E-state index in [1.165, 1.54) is 4.31 Å². The van der Waals surface area contributed by atoms with Crippen molar-refractivity contribution in [3.63, 3.8) is 0 Å². The second kappa shape index (κ2) is 8.78. The molecule has 1 aliphatic rings. The van der Waals surface area contributed by atoms with E-state index in [9.17, 15) is 13.2 Å². The van der Waals surface area contributed by atoms with Gasteiger partial charge in [0.2, 0.25) is 15.9 Å². The van der Waals surface area contributed by atoms with Crippen LogP contribution in [0.1, 0.15) is 30.9 Å². The summed E-state index contributed by atoms with van der Waals surface area (Å²) < 4.78 is 27.4. The number of hydrogen-bond acceptors (Lipinski definition) is 4. The van der Waals surface area contributed by atoms with Crippen LogP contribution in [0.25, 0.3) is 0 Å². The lowest BCUT2D eigenvalue weighted by Gasteiger charge is -2.28. The van der Waals surface area contributed by atoms with E-state index in [2.05, 4.69) is 5.32 Å². The van der Waals surface area contributed by atoms with Crippen molar-refractivity contribution in [2.75, 3.05) is 39.3 Å². The third kappa shape index (κ3) is 5.03. The first-order valence-electron chi connectivity index (χ1n) is 8.92. The van der Waals surface area contributed by atoms with Crippen LogP contribution in [0.2, 0.25) is 0 Å². The second-order valence-electron chi connectivity index (χ2n) is 6.53. The molecular weight excluding hydrogens is 338 g/mol. The van der Waals surface area contributed by atoms with Gasteiger partial charge in [0, 0.05) is 45.7 Å². The van der Waals surface area contributed by atoms with E-state index in [-0.39, 0.29) is 18.9 Å². The molecular formula is C18H29N3O3S. The van der Waals surface area contributed by atoms with Crippen LogP contribution in [-0.4, -0.2) is 62.8 Å². The van der Waals surface area contributed by atoms with Crippen LogP contribution in [0.15, 0.2) is 23.1 Å². The van der Waals surface area contributed by atoms with Gasteiger partial charge in [-0.2, -0.15) is 4.31 Å². The molecule has 25 heavy (non-hydrogen) atoms. The van der Waals surface area contributed by atoms with Crippen molar-refractivity contribution >= 4 is 15.9 Å². The molecule has 0 aromatic heterocycles. The molecule has 0 aliphatic carbocycles. The molecule has 1 saturated heterocycles. The molecule has 7 heteroatoms. The molecule has 1 N–H and O–H groups in total. The van der Waals surface area contributed by atoms with Crippen molar-refractivity contribution in [3.05, 3.63) is 29.3 Å². The Labute approximate surface area is 151 Å². The number of piperazine rings is 1. The van der Waals surface area contributed by atoms with Crippen LogP contribution in [0.5, 0.6) is 0 Å². The van der Waals surface area contributed by atoms with E-state index in [4.69, 9.17) is 0 Å². The smallest absolute Gasteiger partial charge is 0.243 e. The molecule has 1 aliphatic heterocycles. The number of carbonyl (C=O) groups is 1. The van der Waals surface area contributed by atoms with Gasteiger partial charge in [-0.15, -0.1) is 0 Å². The maximum Gasteiger partial charge on any atom is 0.243 e. The normalized spacial score (nSPS) is 15.6. The Morgan fingerprint density at radius 3 is 2.44 bits per heavy atom. The fourth-order valence-corrected chi connectivity index (χ4v) is 4.54. The Balaban J connectivity index is 2.09. The van der Waals surface area contributed by atoms with Crippen molar-refractivity contribution in [2.45, 2.75) is 38.5 Å². The molecule has 0 bridgehead atoms. The fourth-order valence-electron chi connectivity index (χ4n) is 2.92. The number of hydrogen-bond donors (Lipinski definition) is 1. The van der Waals surface area contributed by atoms with Crippen molar-refractivity contribution in [1.29, 1.82) is 0 Å². The molecule has 0 spiro atoms. The highest BCUT2D eigenvalue weighted by Crippen LogP contribution is 2.20. The van der Waals surface area contributed by atoms with E-state index in [0.717, 1.165) is 24.2 Å². The number of aryl methyl sites for hydroxylation is 2. The van der Waals surface area contributed by atoms with Crippen LogP contribution in [0.3, 0.4) is 0 Å². The van der Waals surface area contributed by atoms with Crippen molar-refractivity contribution < 1.29 is 13.2 Å². The third-order valence-electron chi connectivity index (χ3n) is 4.63. The summed E-state index contributed by atoms with van der Waals surface area (Å²) in [5.74, 6) is 0.0258. The summed E-state index contributed by atoms with van der Waals surface area (Å²) in [5, 5.41) is 3.21. The monoisotopic (exact) mass is 367 g/mol. The van der Waals surface area contributed by atoms with E-state index in [1.54, 1.807) is 12.1 Å². The number of benzene rings is 1. The Morgan fingerprint density at radius 2 is 1.84 bits per heavy atom. The topological polar surface area (TPSA) is 69.7 Å². The van der Waals surface area contributed by atoms with Crippen LogP contribution in [-0.2, 0) is 14.8 Å². The average molecular weight is 368 g/mol. The van der Waals surface area contributed by atoms with E-state index in [1.807, 2.05) is 31.7 Å². The van der Waals surface area contributed by atoms with Gasteiger partial charge in [-0.1, -0.05) is 13.0 Å². The molecule has 1 amide bonds. The van der Waals surface area contributed by atoms with Gasteiger partial charge in [0.05, 0.1) is 4.90 Å². The lowest BCUT2D eigenvalue weighted by atomic mass is 10.1. The minimum absolute atomic E-state index is 0.0258. The maximum absolute atomic E-state index is 13.0. The van der Waals surface area contributed by atoms with Crippen molar-refractivity contribution in [2.24, 2.45) is 0 Å². The van der Waals surface area contributed by atoms with E-state index in [0.29, 0.717) is 31.0 Å². The summed E-state index contributed by atoms with van der Waals surface area (Å²) in [6.45, 7) is 9.44. The SMILES string of the molecule is CCCN(CCC(=O)N1CCNCC1)S(=O)(=O)c1ccc(C)c(C)c1. The predicted molar refractivity (Wildman–Crippen MR) is 99.0 cm³/mol. The molecule has 1 aromatic rings. The summed E-state index contributed by atoms with van der Waals surface area (Å²) in [7, 11) is -3.58. The van der Waals surface area contributed by atoms with E-state index >= 15 is 0 Å². The molecule has 0 atom stereocenters. The summed E-state index contributed by atoms with van der Waals surface area (Å²) >= 11 is 0. The van der Waals surface area contributed by atoms with Gasteiger partial charge in [0.25, 0.3) is 0 Å². The number of nitrogens with one attached hydrogen (secondary N) is 1. The van der Waals surface area contributed by atoms with Crippen LogP contribution in [0, 0.1) is 13.8 Å². The minimum Gasteiger partial charge on any atom is -0.340 e. The molecule has 0 unspecified atom stereocenters. The highest BCUT2D eigenvalue weighted by atomic mass is 32.2. The van der Waals surface area contributed by atoms with Crippen molar-refractivity contribution in [1.82, 2.24) is 14.5 Å². The number of sulfonamides is 1. The summed E-state index contributed by atoms with van der Waals surface area (Å²) in [6, 6.07) is 5.20. The average Bonchev–Trinajstić information content (AvgIpc) is 2.61.